The third-order valence-corrected chi connectivity index (χ3v) is 12.0. The van der Waals surface area contributed by atoms with Crippen LogP contribution in [0.2, 0.25) is 0 Å². The van der Waals surface area contributed by atoms with Gasteiger partial charge in [-0.05, 0) is 81.6 Å². The van der Waals surface area contributed by atoms with Crippen molar-refractivity contribution in [1.29, 1.82) is 0 Å². The molecule has 0 saturated heterocycles. The predicted octanol–water partition coefficient (Wildman–Crippen LogP) is 15.6. The Hall–Kier alpha value is -6.94. The Bertz CT molecular complexity index is 3220. The van der Waals surface area contributed by atoms with Crippen LogP contribution in [-0.4, -0.2) is 0 Å². The van der Waals surface area contributed by atoms with Gasteiger partial charge in [-0.3, -0.25) is 0 Å². The molecule has 0 radical (unpaired) electrons. The van der Waals surface area contributed by atoms with Gasteiger partial charge in [0.05, 0.1) is 5.69 Å². The van der Waals surface area contributed by atoms with E-state index in [4.69, 9.17) is 4.42 Å². The lowest BCUT2D eigenvalue weighted by molar-refractivity contribution is 0.670. The molecule has 0 atom stereocenters. The number of rotatable bonds is 6. The van der Waals surface area contributed by atoms with Crippen molar-refractivity contribution in [3.05, 3.63) is 200 Å². The molecular weight excluding hydrogens is 687 g/mol. The van der Waals surface area contributed by atoms with Crippen LogP contribution in [0, 0.1) is 0 Å². The molecule has 258 valence electrons. The number of nitrogens with zero attached hydrogens (tertiary/aromatic N) is 1. The van der Waals surface area contributed by atoms with Crippen molar-refractivity contribution in [2.24, 2.45) is 0 Å². The Kier molecular flexibility index (Phi) is 7.39. The van der Waals surface area contributed by atoms with E-state index >= 15 is 0 Å². The Morgan fingerprint density at radius 3 is 1.89 bits per heavy atom. The van der Waals surface area contributed by atoms with Gasteiger partial charge in [-0.2, -0.15) is 0 Å². The summed E-state index contributed by atoms with van der Waals surface area (Å²) >= 11 is 1.85. The Morgan fingerprint density at radius 1 is 0.364 bits per heavy atom. The predicted molar refractivity (Wildman–Crippen MR) is 235 cm³/mol. The largest absolute Gasteiger partial charge is 0.455 e. The highest BCUT2D eigenvalue weighted by atomic mass is 32.1. The van der Waals surface area contributed by atoms with Gasteiger partial charge < -0.3 is 9.32 Å². The second-order valence-electron chi connectivity index (χ2n) is 14.1. The standard InChI is InChI=1S/C52H33NOS/c1-2-16-40-34(12-1)13-10-20-41(40)36-14-9-15-37(32-36)42-17-3-6-23-48(42)53(39-30-31-46-45-19-5-8-25-50(45)55-51(46)33-39)38-28-26-35(27-29-38)43-21-11-22-47-44-18-4-7-24-49(44)54-52(43)47/h1-33H. The highest BCUT2D eigenvalue weighted by Gasteiger charge is 2.20. The number of furan rings is 1. The number of hydrogen-bond donors (Lipinski definition) is 0. The van der Waals surface area contributed by atoms with Crippen molar-refractivity contribution in [3.63, 3.8) is 0 Å². The minimum Gasteiger partial charge on any atom is -0.455 e. The van der Waals surface area contributed by atoms with E-state index in [0.29, 0.717) is 0 Å². The third-order valence-electron chi connectivity index (χ3n) is 10.9. The fourth-order valence-corrected chi connectivity index (χ4v) is 9.43. The number of benzene rings is 9. The van der Waals surface area contributed by atoms with Gasteiger partial charge >= 0.3 is 0 Å². The summed E-state index contributed by atoms with van der Waals surface area (Å²) in [5.41, 5.74) is 12.1. The van der Waals surface area contributed by atoms with E-state index in [9.17, 15) is 0 Å². The van der Waals surface area contributed by atoms with E-state index in [0.717, 1.165) is 55.7 Å². The van der Waals surface area contributed by atoms with E-state index in [-0.39, 0.29) is 0 Å². The van der Waals surface area contributed by atoms with Crippen LogP contribution in [0.25, 0.3) is 86.3 Å². The molecule has 0 unspecified atom stereocenters. The van der Waals surface area contributed by atoms with Crippen LogP contribution in [0.3, 0.4) is 0 Å². The number of fused-ring (bicyclic) bond motifs is 7. The monoisotopic (exact) mass is 719 g/mol. The lowest BCUT2D eigenvalue weighted by Gasteiger charge is -2.28. The zero-order valence-corrected chi connectivity index (χ0v) is 30.6. The summed E-state index contributed by atoms with van der Waals surface area (Å²) in [5.74, 6) is 0. The highest BCUT2D eigenvalue weighted by molar-refractivity contribution is 7.25. The van der Waals surface area contributed by atoms with Gasteiger partial charge in [0, 0.05) is 53.4 Å². The van der Waals surface area contributed by atoms with Crippen LogP contribution < -0.4 is 4.90 Å². The van der Waals surface area contributed by atoms with Gasteiger partial charge in [0.1, 0.15) is 11.2 Å². The molecule has 0 bridgehead atoms. The average Bonchev–Trinajstić information content (AvgIpc) is 3.82. The minimum atomic E-state index is 0.908. The van der Waals surface area contributed by atoms with E-state index in [1.807, 2.05) is 23.5 Å². The summed E-state index contributed by atoms with van der Waals surface area (Å²) in [7, 11) is 0. The molecule has 0 fully saturated rings. The van der Waals surface area contributed by atoms with Crippen molar-refractivity contribution < 1.29 is 4.42 Å². The van der Waals surface area contributed by atoms with Gasteiger partial charge in [-0.1, -0.05) is 152 Å². The summed E-state index contributed by atoms with van der Waals surface area (Å²) in [4.78, 5) is 2.41. The lowest BCUT2D eigenvalue weighted by atomic mass is 9.94. The van der Waals surface area contributed by atoms with E-state index in [1.165, 1.54) is 47.6 Å². The first-order valence-corrected chi connectivity index (χ1v) is 19.5. The Labute approximate surface area is 322 Å². The molecule has 0 spiro atoms. The second-order valence-corrected chi connectivity index (χ2v) is 15.1. The summed E-state index contributed by atoms with van der Waals surface area (Å²) in [6.45, 7) is 0. The molecule has 2 aromatic heterocycles. The average molecular weight is 720 g/mol. The molecule has 11 aromatic rings. The smallest absolute Gasteiger partial charge is 0.143 e. The fraction of sp³-hybridized carbons (Fsp3) is 0. The van der Waals surface area contributed by atoms with E-state index in [1.54, 1.807) is 0 Å². The summed E-state index contributed by atoms with van der Waals surface area (Å²) in [6, 6.07) is 72.3. The number of anilines is 3. The van der Waals surface area contributed by atoms with Gasteiger partial charge in [-0.25, -0.2) is 0 Å². The molecule has 0 aliphatic rings. The molecule has 0 amide bonds. The normalized spacial score (nSPS) is 11.6. The van der Waals surface area contributed by atoms with Crippen LogP contribution in [0.15, 0.2) is 205 Å². The minimum absolute atomic E-state index is 0.908. The van der Waals surface area contributed by atoms with Crippen LogP contribution in [0.4, 0.5) is 17.1 Å². The summed E-state index contributed by atoms with van der Waals surface area (Å²) < 4.78 is 9.01. The quantitative estimate of drug-likeness (QED) is 0.170. The molecule has 55 heavy (non-hydrogen) atoms. The molecule has 0 aliphatic heterocycles. The molecule has 0 saturated carbocycles. The van der Waals surface area contributed by atoms with Crippen molar-refractivity contribution in [1.82, 2.24) is 0 Å². The third kappa shape index (κ3) is 5.32. The molecule has 3 heteroatoms. The number of para-hydroxylation sites is 3. The van der Waals surface area contributed by atoms with E-state index < -0.39 is 0 Å². The van der Waals surface area contributed by atoms with Crippen molar-refractivity contribution in [2.75, 3.05) is 4.90 Å². The molecule has 2 heterocycles. The first-order valence-electron chi connectivity index (χ1n) is 18.7. The van der Waals surface area contributed by atoms with Gasteiger partial charge in [-0.15, -0.1) is 11.3 Å². The van der Waals surface area contributed by atoms with Crippen molar-refractivity contribution in [2.45, 2.75) is 0 Å². The second kappa shape index (κ2) is 12.9. The van der Waals surface area contributed by atoms with Crippen molar-refractivity contribution in [3.8, 4) is 33.4 Å². The number of hydrogen-bond acceptors (Lipinski definition) is 3. The Balaban J connectivity index is 1.07. The summed E-state index contributed by atoms with van der Waals surface area (Å²) in [6.07, 6.45) is 0. The topological polar surface area (TPSA) is 16.4 Å². The number of thiophene rings is 1. The molecule has 2 nitrogen and oxygen atoms in total. The Morgan fingerprint density at radius 2 is 0.982 bits per heavy atom. The first kappa shape index (κ1) is 31.6. The van der Waals surface area contributed by atoms with Crippen molar-refractivity contribution >= 4 is 81.3 Å². The molecular formula is C52H33NOS. The molecule has 0 N–H and O–H groups in total. The van der Waals surface area contributed by atoms with Crippen LogP contribution in [-0.2, 0) is 0 Å². The first-order chi connectivity index (χ1) is 27.3. The fourth-order valence-electron chi connectivity index (χ4n) is 8.29. The van der Waals surface area contributed by atoms with Gasteiger partial charge in [0.15, 0.2) is 0 Å². The van der Waals surface area contributed by atoms with Crippen LogP contribution in [0.1, 0.15) is 0 Å². The maximum atomic E-state index is 6.44. The zero-order valence-electron chi connectivity index (χ0n) is 29.8. The SMILES string of the molecule is c1cc(-c2ccccc2N(c2ccc(-c3cccc4c3oc3ccccc34)cc2)c2ccc3c(c2)sc2ccccc23)cc(-c2cccc3ccccc23)c1. The maximum absolute atomic E-state index is 6.44. The highest BCUT2D eigenvalue weighted by Crippen LogP contribution is 2.45. The molecule has 0 aliphatic carbocycles. The van der Waals surface area contributed by atoms with E-state index in [2.05, 4.69) is 193 Å². The van der Waals surface area contributed by atoms with Crippen LogP contribution >= 0.6 is 11.3 Å². The molecule has 11 rings (SSSR count). The lowest BCUT2D eigenvalue weighted by Crippen LogP contribution is -2.11. The summed E-state index contributed by atoms with van der Waals surface area (Å²) in [5, 5.41) is 7.36. The zero-order chi connectivity index (χ0) is 36.3. The van der Waals surface area contributed by atoms with Gasteiger partial charge in [0.2, 0.25) is 0 Å². The maximum Gasteiger partial charge on any atom is 0.143 e. The van der Waals surface area contributed by atoms with Crippen LogP contribution in [0.5, 0.6) is 0 Å². The van der Waals surface area contributed by atoms with Gasteiger partial charge in [0.25, 0.3) is 0 Å². The molecule has 9 aromatic carbocycles.